The zero-order chi connectivity index (χ0) is 21.3. The second-order valence-electron chi connectivity index (χ2n) is 6.20. The summed E-state index contributed by atoms with van der Waals surface area (Å²) < 4.78 is 24.4. The van der Waals surface area contributed by atoms with Crippen molar-refractivity contribution in [2.24, 2.45) is 0 Å². The molecule has 0 radical (unpaired) electrons. The van der Waals surface area contributed by atoms with Gasteiger partial charge in [-0.3, -0.25) is 4.79 Å². The Labute approximate surface area is 172 Å². The summed E-state index contributed by atoms with van der Waals surface area (Å²) in [4.78, 5) is 24.5. The van der Waals surface area contributed by atoms with Gasteiger partial charge in [0.25, 0.3) is 5.91 Å². The number of halogens is 1. The lowest BCUT2D eigenvalue weighted by atomic mass is 10.1. The predicted octanol–water partition coefficient (Wildman–Crippen LogP) is 4.07. The molecule has 1 N–H and O–H groups in total. The van der Waals surface area contributed by atoms with Gasteiger partial charge in [0.05, 0.1) is 17.3 Å². The number of hydrogen-bond acceptors (Lipinski definition) is 5. The van der Waals surface area contributed by atoms with Gasteiger partial charge in [-0.15, -0.1) is 0 Å². The highest BCUT2D eigenvalue weighted by Crippen LogP contribution is 2.20. The molecule has 0 fully saturated rings. The number of ether oxygens (including phenoxy) is 2. The zero-order valence-electron chi connectivity index (χ0n) is 15.8. The summed E-state index contributed by atoms with van der Waals surface area (Å²) in [6.45, 7) is -0.388. The Morgan fingerprint density at radius 3 is 2.40 bits per heavy atom. The maximum absolute atomic E-state index is 13.6. The Morgan fingerprint density at radius 2 is 1.67 bits per heavy atom. The van der Waals surface area contributed by atoms with E-state index in [0.717, 1.165) is 5.56 Å². The van der Waals surface area contributed by atoms with E-state index in [0.29, 0.717) is 5.56 Å². The quantitative estimate of drug-likeness (QED) is 0.600. The van der Waals surface area contributed by atoms with E-state index in [2.05, 4.69) is 5.32 Å². The van der Waals surface area contributed by atoms with E-state index in [4.69, 9.17) is 14.7 Å². The smallest absolute Gasteiger partial charge is 0.342 e. The van der Waals surface area contributed by atoms with Crippen LogP contribution in [0, 0.1) is 17.1 Å². The summed E-state index contributed by atoms with van der Waals surface area (Å²) in [5.41, 5.74) is 1.44. The van der Waals surface area contributed by atoms with Crippen LogP contribution in [0.4, 0.5) is 10.1 Å². The Morgan fingerprint density at radius 1 is 0.967 bits per heavy atom. The summed E-state index contributed by atoms with van der Waals surface area (Å²) in [5, 5.41) is 11.2. The summed E-state index contributed by atoms with van der Waals surface area (Å²) >= 11 is 0. The number of carbonyl (C=O) groups is 2. The molecule has 0 aliphatic heterocycles. The molecule has 150 valence electrons. The van der Waals surface area contributed by atoms with Gasteiger partial charge >= 0.3 is 5.97 Å². The minimum atomic E-state index is -0.621. The highest BCUT2D eigenvalue weighted by molar-refractivity contribution is 5.94. The zero-order valence-corrected chi connectivity index (χ0v) is 15.8. The number of para-hydroxylation sites is 2. The number of rotatable bonds is 7. The largest absolute Gasteiger partial charge is 0.483 e. The van der Waals surface area contributed by atoms with Crippen molar-refractivity contribution in [2.45, 2.75) is 6.61 Å². The Bertz CT molecular complexity index is 1090. The number of esters is 1. The molecular formula is C23H17FN2O4. The highest BCUT2D eigenvalue weighted by atomic mass is 19.1. The number of nitriles is 1. The molecule has 1 amide bonds. The van der Waals surface area contributed by atoms with Crippen molar-refractivity contribution in [1.29, 1.82) is 5.26 Å². The van der Waals surface area contributed by atoms with E-state index >= 15 is 0 Å². The van der Waals surface area contributed by atoms with Crippen LogP contribution in [-0.2, 0) is 16.1 Å². The van der Waals surface area contributed by atoms with Crippen LogP contribution in [0.25, 0.3) is 0 Å². The Kier molecular flexibility index (Phi) is 6.74. The van der Waals surface area contributed by atoms with E-state index in [1.54, 1.807) is 42.5 Å². The maximum Gasteiger partial charge on any atom is 0.342 e. The fourth-order valence-corrected chi connectivity index (χ4v) is 2.56. The molecule has 0 aliphatic carbocycles. The van der Waals surface area contributed by atoms with E-state index in [1.165, 1.54) is 30.3 Å². The fraction of sp³-hybridized carbons (Fsp3) is 0.0870. The molecule has 0 aliphatic rings. The van der Waals surface area contributed by atoms with Crippen LogP contribution in [0.1, 0.15) is 21.5 Å². The average molecular weight is 404 g/mol. The molecule has 7 heteroatoms. The summed E-state index contributed by atoms with van der Waals surface area (Å²) in [5.74, 6) is -1.58. The fourth-order valence-electron chi connectivity index (χ4n) is 2.56. The second-order valence-corrected chi connectivity index (χ2v) is 6.20. The van der Waals surface area contributed by atoms with Crippen LogP contribution < -0.4 is 10.1 Å². The molecule has 0 saturated heterocycles. The van der Waals surface area contributed by atoms with Crippen LogP contribution in [0.15, 0.2) is 72.8 Å². The van der Waals surface area contributed by atoms with E-state index in [1.807, 2.05) is 6.07 Å². The minimum absolute atomic E-state index is 0.0205. The Hall–Kier alpha value is -4.18. The van der Waals surface area contributed by atoms with Gasteiger partial charge in [0, 0.05) is 0 Å². The van der Waals surface area contributed by atoms with E-state index < -0.39 is 24.3 Å². The summed E-state index contributed by atoms with van der Waals surface area (Å²) in [6.07, 6.45) is 0. The molecule has 3 aromatic rings. The van der Waals surface area contributed by atoms with Gasteiger partial charge in [-0.2, -0.15) is 5.26 Å². The molecule has 0 spiro atoms. The molecule has 30 heavy (non-hydrogen) atoms. The average Bonchev–Trinajstić information content (AvgIpc) is 2.78. The van der Waals surface area contributed by atoms with Crippen molar-refractivity contribution in [2.75, 3.05) is 11.9 Å². The lowest BCUT2D eigenvalue weighted by Crippen LogP contribution is -2.21. The van der Waals surface area contributed by atoms with Gasteiger partial charge < -0.3 is 14.8 Å². The van der Waals surface area contributed by atoms with Gasteiger partial charge in [-0.1, -0.05) is 36.4 Å². The van der Waals surface area contributed by atoms with Crippen LogP contribution in [0.3, 0.4) is 0 Å². The molecule has 3 rings (SSSR count). The minimum Gasteiger partial charge on any atom is -0.483 e. The van der Waals surface area contributed by atoms with Gasteiger partial charge in [0.2, 0.25) is 0 Å². The molecule has 3 aromatic carbocycles. The molecule has 0 bridgehead atoms. The first-order valence-electron chi connectivity index (χ1n) is 8.99. The standard InChI is InChI=1S/C23H17FN2O4/c24-19-6-2-3-7-20(19)26-22(27)15-29-21-8-4-1-5-18(21)23(28)30-14-17-11-9-16(13-25)10-12-17/h1-12H,14-15H2,(H,26,27). The number of hydrogen-bond donors (Lipinski definition) is 1. The third kappa shape index (κ3) is 5.42. The van der Waals surface area contributed by atoms with Crippen molar-refractivity contribution >= 4 is 17.6 Å². The third-order valence-electron chi connectivity index (χ3n) is 4.07. The lowest BCUT2D eigenvalue weighted by molar-refractivity contribution is -0.118. The van der Waals surface area contributed by atoms with Gasteiger partial charge in [0.1, 0.15) is 23.7 Å². The molecule has 0 unspecified atom stereocenters. The van der Waals surface area contributed by atoms with Crippen molar-refractivity contribution in [1.82, 2.24) is 0 Å². The number of amides is 1. The van der Waals surface area contributed by atoms with Gasteiger partial charge in [-0.25, -0.2) is 9.18 Å². The molecule has 0 aromatic heterocycles. The maximum atomic E-state index is 13.6. The van der Waals surface area contributed by atoms with Crippen LogP contribution >= 0.6 is 0 Å². The van der Waals surface area contributed by atoms with Crippen LogP contribution in [0.2, 0.25) is 0 Å². The second kappa shape index (κ2) is 9.85. The molecule has 0 atom stereocenters. The lowest BCUT2D eigenvalue weighted by Gasteiger charge is -2.12. The SMILES string of the molecule is N#Cc1ccc(COC(=O)c2ccccc2OCC(=O)Nc2ccccc2F)cc1. The monoisotopic (exact) mass is 404 g/mol. The Balaban J connectivity index is 1.59. The van der Waals surface area contributed by atoms with Gasteiger partial charge in [-0.05, 0) is 42.0 Å². The van der Waals surface area contributed by atoms with Crippen LogP contribution in [0.5, 0.6) is 5.75 Å². The first-order chi connectivity index (χ1) is 14.6. The van der Waals surface area contributed by atoms with Crippen molar-refractivity contribution in [3.8, 4) is 11.8 Å². The predicted molar refractivity (Wildman–Crippen MR) is 107 cm³/mol. The summed E-state index contributed by atoms with van der Waals surface area (Å²) in [7, 11) is 0. The molecule has 0 saturated carbocycles. The molecule has 6 nitrogen and oxygen atoms in total. The van der Waals surface area contributed by atoms with E-state index in [-0.39, 0.29) is 23.6 Å². The number of benzene rings is 3. The number of anilines is 1. The van der Waals surface area contributed by atoms with Gasteiger partial charge in [0.15, 0.2) is 6.61 Å². The normalized spacial score (nSPS) is 10.0. The first-order valence-corrected chi connectivity index (χ1v) is 8.99. The van der Waals surface area contributed by atoms with Crippen LogP contribution in [-0.4, -0.2) is 18.5 Å². The number of nitrogens with zero attached hydrogens (tertiary/aromatic N) is 1. The summed E-state index contributed by atoms with van der Waals surface area (Å²) in [6, 6.07) is 20.8. The third-order valence-corrected chi connectivity index (χ3v) is 4.07. The molecular weight excluding hydrogens is 387 g/mol. The van der Waals surface area contributed by atoms with Crippen molar-refractivity contribution in [3.63, 3.8) is 0 Å². The number of carbonyl (C=O) groups excluding carboxylic acids is 2. The molecule has 0 heterocycles. The number of nitrogens with one attached hydrogen (secondary N) is 1. The van der Waals surface area contributed by atoms with Crippen molar-refractivity contribution < 1.29 is 23.5 Å². The first kappa shape index (κ1) is 20.6. The van der Waals surface area contributed by atoms with E-state index in [9.17, 15) is 14.0 Å². The topological polar surface area (TPSA) is 88.4 Å². The highest BCUT2D eigenvalue weighted by Gasteiger charge is 2.15. The van der Waals surface area contributed by atoms with Crippen molar-refractivity contribution in [3.05, 3.63) is 95.3 Å².